The molecular weight excluding hydrogens is 406 g/mol. The van der Waals surface area contributed by atoms with E-state index in [0.717, 1.165) is 0 Å². The van der Waals surface area contributed by atoms with Gasteiger partial charge in [0.25, 0.3) is 5.91 Å². The summed E-state index contributed by atoms with van der Waals surface area (Å²) in [7, 11) is -3.38. The second-order valence-corrected chi connectivity index (χ2v) is 8.88. The number of carbonyl (C=O) groups excluding carboxylic acids is 1. The number of ether oxygens (including phenoxy) is 1. The first-order chi connectivity index (χ1) is 14.5. The molecule has 2 heterocycles. The zero-order valence-electron chi connectivity index (χ0n) is 17.0. The summed E-state index contributed by atoms with van der Waals surface area (Å²) < 4.78 is 32.2. The molecule has 0 aliphatic carbocycles. The molecule has 1 N–H and O–H groups in total. The van der Waals surface area contributed by atoms with E-state index in [1.807, 2.05) is 11.8 Å². The van der Waals surface area contributed by atoms with Crippen LogP contribution >= 0.6 is 0 Å². The summed E-state index contributed by atoms with van der Waals surface area (Å²) in [6.07, 6.45) is 3.69. The maximum Gasteiger partial charge on any atom is 0.255 e. The van der Waals surface area contributed by atoms with Gasteiger partial charge >= 0.3 is 0 Å². The minimum atomic E-state index is -3.38. The molecule has 0 atom stereocenters. The van der Waals surface area contributed by atoms with Gasteiger partial charge in [0.2, 0.25) is 16.0 Å². The van der Waals surface area contributed by atoms with Crippen molar-refractivity contribution >= 4 is 21.9 Å². The highest BCUT2D eigenvalue weighted by Crippen LogP contribution is 2.18. The summed E-state index contributed by atoms with van der Waals surface area (Å²) in [6.45, 7) is 4.49. The Bertz CT molecular complexity index is 931. The smallest absolute Gasteiger partial charge is 0.255 e. The van der Waals surface area contributed by atoms with Crippen LogP contribution in [-0.4, -0.2) is 73.7 Å². The van der Waals surface area contributed by atoms with Gasteiger partial charge in [-0.3, -0.25) is 4.79 Å². The molecule has 1 fully saturated rings. The average Bonchev–Trinajstić information content (AvgIpc) is 2.78. The third kappa shape index (κ3) is 5.67. The summed E-state index contributed by atoms with van der Waals surface area (Å²) in [4.78, 5) is 22.8. The highest BCUT2D eigenvalue weighted by Gasteiger charge is 2.27. The fourth-order valence-electron chi connectivity index (χ4n) is 3.24. The Morgan fingerprint density at radius 3 is 2.50 bits per heavy atom. The maximum absolute atomic E-state index is 12.6. The van der Waals surface area contributed by atoms with Crippen molar-refractivity contribution in [2.75, 3.05) is 50.0 Å². The first-order valence-corrected chi connectivity index (χ1v) is 11.6. The summed E-state index contributed by atoms with van der Waals surface area (Å²) in [5, 5.41) is 2.78. The zero-order chi connectivity index (χ0) is 21.4. The summed E-state index contributed by atoms with van der Waals surface area (Å²) in [5.74, 6) is 0.852. The standard InChI is InChI=1S/C20H27N5O4S/c1-2-29-18-8-4-3-7-17(18)19(26)21-11-6-16-30(27,28)25-14-12-24(13-15-25)20-22-9-5-10-23-20/h3-5,7-10H,2,6,11-16H2,1H3,(H,21,26). The van der Waals surface area contributed by atoms with Gasteiger partial charge in [-0.05, 0) is 31.5 Å². The summed E-state index contributed by atoms with van der Waals surface area (Å²) in [5.41, 5.74) is 0.446. The van der Waals surface area contributed by atoms with Gasteiger partial charge in [0.05, 0.1) is 17.9 Å². The van der Waals surface area contributed by atoms with Crippen molar-refractivity contribution in [1.29, 1.82) is 0 Å². The Labute approximate surface area is 177 Å². The molecule has 0 bridgehead atoms. The molecule has 0 unspecified atom stereocenters. The van der Waals surface area contributed by atoms with Crippen LogP contribution in [0.3, 0.4) is 0 Å². The van der Waals surface area contributed by atoms with E-state index in [-0.39, 0.29) is 18.2 Å². The van der Waals surface area contributed by atoms with Crippen molar-refractivity contribution in [3.63, 3.8) is 0 Å². The number of hydrogen-bond acceptors (Lipinski definition) is 7. The number of benzene rings is 1. The van der Waals surface area contributed by atoms with Gasteiger partial charge < -0.3 is 15.0 Å². The van der Waals surface area contributed by atoms with Gasteiger partial charge in [-0.25, -0.2) is 18.4 Å². The Balaban J connectivity index is 1.44. The Morgan fingerprint density at radius 2 is 1.80 bits per heavy atom. The predicted octanol–water partition coefficient (Wildman–Crippen LogP) is 1.15. The minimum absolute atomic E-state index is 0.0117. The van der Waals surface area contributed by atoms with Crippen molar-refractivity contribution in [2.45, 2.75) is 13.3 Å². The minimum Gasteiger partial charge on any atom is -0.493 e. The normalized spacial score (nSPS) is 15.0. The molecule has 0 saturated carbocycles. The molecule has 10 heteroatoms. The molecule has 3 rings (SSSR count). The van der Waals surface area contributed by atoms with Crippen LogP contribution in [0.25, 0.3) is 0 Å². The molecule has 1 amide bonds. The fraction of sp³-hybridized carbons (Fsp3) is 0.450. The molecule has 162 valence electrons. The van der Waals surface area contributed by atoms with Gasteiger partial charge in [-0.1, -0.05) is 12.1 Å². The first kappa shape index (κ1) is 22.0. The molecule has 1 aliphatic heterocycles. The van der Waals surface area contributed by atoms with Gasteiger partial charge in [0.1, 0.15) is 5.75 Å². The van der Waals surface area contributed by atoms with Crippen molar-refractivity contribution in [3.05, 3.63) is 48.3 Å². The lowest BCUT2D eigenvalue weighted by molar-refractivity contribution is 0.0950. The van der Waals surface area contributed by atoms with Crippen LogP contribution in [0.2, 0.25) is 0 Å². The van der Waals surface area contributed by atoms with E-state index >= 15 is 0 Å². The monoisotopic (exact) mass is 433 g/mol. The molecule has 1 aromatic carbocycles. The first-order valence-electron chi connectivity index (χ1n) is 10.0. The number of amides is 1. The number of sulfonamides is 1. The third-order valence-electron chi connectivity index (χ3n) is 4.76. The number of para-hydroxylation sites is 1. The van der Waals surface area contributed by atoms with E-state index in [2.05, 4.69) is 15.3 Å². The van der Waals surface area contributed by atoms with Gasteiger partial charge in [-0.15, -0.1) is 0 Å². The number of piperazine rings is 1. The van der Waals surface area contributed by atoms with Gasteiger partial charge in [0.15, 0.2) is 0 Å². The van der Waals surface area contributed by atoms with Gasteiger partial charge in [-0.2, -0.15) is 4.31 Å². The van der Waals surface area contributed by atoms with Crippen molar-refractivity contribution < 1.29 is 17.9 Å². The fourth-order valence-corrected chi connectivity index (χ4v) is 4.72. The second-order valence-electron chi connectivity index (χ2n) is 6.79. The van der Waals surface area contributed by atoms with Crippen molar-refractivity contribution in [3.8, 4) is 5.75 Å². The number of aromatic nitrogens is 2. The molecule has 1 aromatic heterocycles. The number of rotatable bonds is 9. The van der Waals surface area contributed by atoms with Crippen LogP contribution in [0.1, 0.15) is 23.7 Å². The van der Waals surface area contributed by atoms with Crippen LogP contribution in [0.4, 0.5) is 5.95 Å². The van der Waals surface area contributed by atoms with Crippen LogP contribution in [-0.2, 0) is 10.0 Å². The van der Waals surface area contributed by atoms with Gasteiger partial charge in [0, 0.05) is 45.1 Å². The Morgan fingerprint density at radius 1 is 1.10 bits per heavy atom. The van der Waals surface area contributed by atoms with Crippen LogP contribution < -0.4 is 15.0 Å². The number of nitrogens with zero attached hydrogens (tertiary/aromatic N) is 4. The number of anilines is 1. The van der Waals surface area contributed by atoms with E-state index in [1.165, 1.54) is 4.31 Å². The Hall–Kier alpha value is -2.72. The molecule has 1 aliphatic rings. The lowest BCUT2D eigenvalue weighted by Gasteiger charge is -2.33. The molecule has 0 spiro atoms. The molecule has 1 saturated heterocycles. The van der Waals surface area contributed by atoms with E-state index in [9.17, 15) is 13.2 Å². The maximum atomic E-state index is 12.6. The molecule has 2 aromatic rings. The Kier molecular flexibility index (Phi) is 7.58. The number of carbonyl (C=O) groups is 1. The predicted molar refractivity (Wildman–Crippen MR) is 114 cm³/mol. The second kappa shape index (κ2) is 10.4. The number of hydrogen-bond donors (Lipinski definition) is 1. The molecule has 9 nitrogen and oxygen atoms in total. The van der Waals surface area contributed by atoms with E-state index in [4.69, 9.17) is 4.74 Å². The lowest BCUT2D eigenvalue weighted by atomic mass is 10.2. The topological polar surface area (TPSA) is 105 Å². The van der Waals surface area contributed by atoms with E-state index in [0.29, 0.717) is 56.5 Å². The number of nitrogens with one attached hydrogen (secondary N) is 1. The summed E-state index contributed by atoms with van der Waals surface area (Å²) in [6, 6.07) is 8.74. The lowest BCUT2D eigenvalue weighted by Crippen LogP contribution is -2.49. The van der Waals surface area contributed by atoms with Crippen molar-refractivity contribution in [2.24, 2.45) is 0 Å². The third-order valence-corrected chi connectivity index (χ3v) is 6.72. The van der Waals surface area contributed by atoms with E-state index in [1.54, 1.807) is 42.7 Å². The molecule has 30 heavy (non-hydrogen) atoms. The summed E-state index contributed by atoms with van der Waals surface area (Å²) >= 11 is 0. The van der Waals surface area contributed by atoms with Crippen LogP contribution in [0.5, 0.6) is 5.75 Å². The molecular formula is C20H27N5O4S. The average molecular weight is 434 g/mol. The SMILES string of the molecule is CCOc1ccccc1C(=O)NCCCS(=O)(=O)N1CCN(c2ncccn2)CC1. The van der Waals surface area contributed by atoms with Crippen molar-refractivity contribution in [1.82, 2.24) is 19.6 Å². The van der Waals surface area contributed by atoms with Crippen LogP contribution in [0.15, 0.2) is 42.7 Å². The molecule has 0 radical (unpaired) electrons. The van der Waals surface area contributed by atoms with E-state index < -0.39 is 10.0 Å². The zero-order valence-corrected chi connectivity index (χ0v) is 17.8. The van der Waals surface area contributed by atoms with Crippen LogP contribution in [0, 0.1) is 0 Å². The highest BCUT2D eigenvalue weighted by molar-refractivity contribution is 7.89. The quantitative estimate of drug-likeness (QED) is 0.592. The highest BCUT2D eigenvalue weighted by atomic mass is 32.2. The largest absolute Gasteiger partial charge is 0.493 e.